The molecule has 0 aromatic heterocycles. The third-order valence-electron chi connectivity index (χ3n) is 5.15. The van der Waals surface area contributed by atoms with E-state index >= 15 is 0 Å². The van der Waals surface area contributed by atoms with Crippen molar-refractivity contribution in [2.45, 2.75) is 38.3 Å². The molecule has 0 spiro atoms. The van der Waals surface area contributed by atoms with E-state index < -0.39 is 0 Å². The fourth-order valence-electron chi connectivity index (χ4n) is 3.55. The number of methoxy groups -OCH3 is 1. The first kappa shape index (κ1) is 19.4. The van der Waals surface area contributed by atoms with E-state index in [1.807, 2.05) is 17.0 Å². The van der Waals surface area contributed by atoms with Crippen LogP contribution in [0.4, 0.5) is 4.39 Å². The number of nitrogens with one attached hydrogen (secondary N) is 1. The van der Waals surface area contributed by atoms with Crippen molar-refractivity contribution in [3.05, 3.63) is 65.5 Å². The highest BCUT2D eigenvalue weighted by molar-refractivity contribution is 5.78. The summed E-state index contributed by atoms with van der Waals surface area (Å²) in [5.41, 5.74) is 2.28. The van der Waals surface area contributed by atoms with Crippen LogP contribution in [0, 0.1) is 5.82 Å². The molecule has 1 heterocycles. The number of ether oxygens (including phenoxy) is 1. The molecule has 0 bridgehead atoms. The van der Waals surface area contributed by atoms with E-state index in [1.54, 1.807) is 19.2 Å². The number of carbonyl (C=O) groups is 1. The first-order valence-electron chi connectivity index (χ1n) is 9.53. The minimum absolute atomic E-state index is 0.225. The highest BCUT2D eigenvalue weighted by Crippen LogP contribution is 2.22. The van der Waals surface area contributed by atoms with Gasteiger partial charge in [-0.15, -0.1) is 0 Å². The molecule has 1 N–H and O–H groups in total. The number of rotatable bonds is 9. The maximum Gasteiger partial charge on any atom is 0.222 e. The predicted molar refractivity (Wildman–Crippen MR) is 104 cm³/mol. The first-order valence-corrected chi connectivity index (χ1v) is 9.53. The van der Waals surface area contributed by atoms with E-state index in [9.17, 15) is 9.18 Å². The molecule has 1 atom stereocenters. The van der Waals surface area contributed by atoms with Gasteiger partial charge in [0.1, 0.15) is 11.6 Å². The Bertz CT molecular complexity index is 731. The highest BCUT2D eigenvalue weighted by atomic mass is 19.1. The standard InChI is InChI=1S/C22H27FN2O2/c1-27-21-9-4-18(5-10-21)16-24-14-12-20-8-11-22(26)25(20)15-13-17-2-6-19(23)7-3-17/h2-7,9-10,20,24H,8,11-16H2,1H3/t20-/m1/s1. The Labute approximate surface area is 160 Å². The summed E-state index contributed by atoms with van der Waals surface area (Å²) in [7, 11) is 1.66. The van der Waals surface area contributed by atoms with Crippen molar-refractivity contribution in [1.29, 1.82) is 0 Å². The van der Waals surface area contributed by atoms with Crippen molar-refractivity contribution in [2.24, 2.45) is 0 Å². The van der Waals surface area contributed by atoms with Crippen LogP contribution in [0.25, 0.3) is 0 Å². The molecule has 4 nitrogen and oxygen atoms in total. The van der Waals surface area contributed by atoms with Crippen LogP contribution in [0.5, 0.6) is 5.75 Å². The summed E-state index contributed by atoms with van der Waals surface area (Å²) in [6.45, 7) is 2.38. The van der Waals surface area contributed by atoms with Crippen LogP contribution in [0.3, 0.4) is 0 Å². The van der Waals surface area contributed by atoms with Crippen molar-refractivity contribution in [3.63, 3.8) is 0 Å². The zero-order chi connectivity index (χ0) is 19.1. The Morgan fingerprint density at radius 3 is 2.52 bits per heavy atom. The molecule has 2 aromatic rings. The highest BCUT2D eigenvalue weighted by Gasteiger charge is 2.29. The number of hydrogen-bond donors (Lipinski definition) is 1. The average molecular weight is 370 g/mol. The minimum atomic E-state index is -0.225. The summed E-state index contributed by atoms with van der Waals surface area (Å²) in [5.74, 6) is 0.870. The van der Waals surface area contributed by atoms with E-state index in [0.29, 0.717) is 19.0 Å². The Kier molecular flexibility index (Phi) is 6.82. The molecule has 3 rings (SSSR count). The van der Waals surface area contributed by atoms with Crippen LogP contribution in [0.15, 0.2) is 48.5 Å². The van der Waals surface area contributed by atoms with Crippen LogP contribution in [0.2, 0.25) is 0 Å². The molecule has 0 radical (unpaired) electrons. The van der Waals surface area contributed by atoms with Crippen LogP contribution < -0.4 is 10.1 Å². The van der Waals surface area contributed by atoms with Gasteiger partial charge in [0, 0.05) is 25.6 Å². The van der Waals surface area contributed by atoms with E-state index in [4.69, 9.17) is 4.74 Å². The topological polar surface area (TPSA) is 41.6 Å². The van der Waals surface area contributed by atoms with E-state index in [2.05, 4.69) is 17.4 Å². The molecule has 2 aromatic carbocycles. The third-order valence-corrected chi connectivity index (χ3v) is 5.15. The van der Waals surface area contributed by atoms with Crippen molar-refractivity contribution in [2.75, 3.05) is 20.2 Å². The maximum atomic E-state index is 13.0. The zero-order valence-electron chi connectivity index (χ0n) is 15.8. The van der Waals surface area contributed by atoms with Gasteiger partial charge in [-0.2, -0.15) is 0 Å². The Morgan fingerprint density at radius 1 is 1.11 bits per heavy atom. The van der Waals surface area contributed by atoms with Crippen LogP contribution in [-0.4, -0.2) is 37.0 Å². The largest absolute Gasteiger partial charge is 0.497 e. The van der Waals surface area contributed by atoms with Gasteiger partial charge in [0.2, 0.25) is 5.91 Å². The van der Waals surface area contributed by atoms with Gasteiger partial charge in [-0.1, -0.05) is 24.3 Å². The maximum absolute atomic E-state index is 13.0. The average Bonchev–Trinajstić information content (AvgIpc) is 3.05. The monoisotopic (exact) mass is 370 g/mol. The lowest BCUT2D eigenvalue weighted by molar-refractivity contribution is -0.129. The predicted octanol–water partition coefficient (Wildman–Crippen LogP) is 3.55. The Hall–Kier alpha value is -2.40. The molecule has 1 fully saturated rings. The molecule has 1 aliphatic heterocycles. The molecular weight excluding hydrogens is 343 g/mol. The molecule has 5 heteroatoms. The summed E-state index contributed by atoms with van der Waals surface area (Å²) in [4.78, 5) is 14.2. The number of likely N-dealkylation sites (tertiary alicyclic amines) is 1. The summed E-state index contributed by atoms with van der Waals surface area (Å²) in [5, 5.41) is 3.46. The van der Waals surface area contributed by atoms with E-state index in [-0.39, 0.29) is 11.7 Å². The van der Waals surface area contributed by atoms with Crippen molar-refractivity contribution < 1.29 is 13.9 Å². The second-order valence-corrected chi connectivity index (χ2v) is 6.97. The molecule has 0 unspecified atom stereocenters. The Morgan fingerprint density at radius 2 is 1.81 bits per heavy atom. The summed E-state index contributed by atoms with van der Waals surface area (Å²) >= 11 is 0. The quantitative estimate of drug-likeness (QED) is 0.687. The van der Waals surface area contributed by atoms with Gasteiger partial charge in [0.15, 0.2) is 0 Å². The first-order chi connectivity index (χ1) is 13.2. The van der Waals surface area contributed by atoms with Gasteiger partial charge in [0.25, 0.3) is 0 Å². The molecular formula is C22H27FN2O2. The SMILES string of the molecule is COc1ccc(CNCC[C@H]2CCC(=O)N2CCc2ccc(F)cc2)cc1. The zero-order valence-corrected chi connectivity index (χ0v) is 15.8. The van der Waals surface area contributed by atoms with E-state index in [1.165, 1.54) is 17.7 Å². The molecule has 0 saturated carbocycles. The number of amides is 1. The van der Waals surface area contributed by atoms with Crippen LogP contribution >= 0.6 is 0 Å². The third kappa shape index (κ3) is 5.54. The fourth-order valence-corrected chi connectivity index (χ4v) is 3.55. The van der Waals surface area contributed by atoms with Gasteiger partial charge in [-0.25, -0.2) is 4.39 Å². The van der Waals surface area contributed by atoms with Crippen molar-refractivity contribution in [3.8, 4) is 5.75 Å². The normalized spacial score (nSPS) is 16.7. The van der Waals surface area contributed by atoms with Crippen molar-refractivity contribution in [1.82, 2.24) is 10.2 Å². The van der Waals surface area contributed by atoms with Gasteiger partial charge >= 0.3 is 0 Å². The molecule has 0 aliphatic carbocycles. The number of carbonyl (C=O) groups excluding carboxylic acids is 1. The lowest BCUT2D eigenvalue weighted by Gasteiger charge is -2.25. The number of hydrogen-bond acceptors (Lipinski definition) is 3. The Balaban J connectivity index is 1.42. The van der Waals surface area contributed by atoms with Gasteiger partial charge in [-0.05, 0) is 61.2 Å². The smallest absolute Gasteiger partial charge is 0.222 e. The van der Waals surface area contributed by atoms with Crippen LogP contribution in [0.1, 0.15) is 30.4 Å². The van der Waals surface area contributed by atoms with Crippen LogP contribution in [-0.2, 0) is 17.8 Å². The number of nitrogens with zero attached hydrogens (tertiary/aromatic N) is 1. The fraction of sp³-hybridized carbons (Fsp3) is 0.409. The number of benzene rings is 2. The second-order valence-electron chi connectivity index (χ2n) is 6.97. The number of halogens is 1. The lowest BCUT2D eigenvalue weighted by atomic mass is 10.1. The van der Waals surface area contributed by atoms with Crippen molar-refractivity contribution >= 4 is 5.91 Å². The molecule has 144 valence electrons. The minimum Gasteiger partial charge on any atom is -0.497 e. The molecule has 1 amide bonds. The summed E-state index contributed by atoms with van der Waals surface area (Å²) < 4.78 is 18.2. The summed E-state index contributed by atoms with van der Waals surface area (Å²) in [6.07, 6.45) is 3.27. The van der Waals surface area contributed by atoms with Gasteiger partial charge in [-0.3, -0.25) is 4.79 Å². The molecule has 1 aliphatic rings. The van der Waals surface area contributed by atoms with E-state index in [0.717, 1.165) is 43.7 Å². The molecule has 27 heavy (non-hydrogen) atoms. The summed E-state index contributed by atoms with van der Waals surface area (Å²) in [6, 6.07) is 14.9. The second kappa shape index (κ2) is 9.51. The lowest BCUT2D eigenvalue weighted by Crippen LogP contribution is -2.36. The van der Waals surface area contributed by atoms with Gasteiger partial charge in [0.05, 0.1) is 7.11 Å². The van der Waals surface area contributed by atoms with Gasteiger partial charge < -0.3 is 15.0 Å². The molecule has 1 saturated heterocycles.